The molecule has 1 aromatic carbocycles. The van der Waals surface area contributed by atoms with Crippen molar-refractivity contribution in [2.75, 3.05) is 23.9 Å². The van der Waals surface area contributed by atoms with E-state index in [1.807, 2.05) is 24.3 Å². The van der Waals surface area contributed by atoms with E-state index in [2.05, 4.69) is 17.2 Å². The summed E-state index contributed by atoms with van der Waals surface area (Å²) in [6.45, 7) is 2.08. The van der Waals surface area contributed by atoms with Crippen LogP contribution in [-0.4, -0.2) is 48.8 Å². The summed E-state index contributed by atoms with van der Waals surface area (Å²) in [6, 6.07) is 11.1. The standard InChI is InChI=1S/C19H23N3O3S/c1-3-14-6-4-5-7-17(14)21-18-12-15(8-10-20-18)19(23)22(2)16-9-11-26(24,25)13-16/h4-8,10,12,16H,3,9,11,13H2,1-2H3,(H,20,21). The van der Waals surface area contributed by atoms with Gasteiger partial charge in [0.05, 0.1) is 11.5 Å². The SMILES string of the molecule is CCc1ccccc1Nc1cc(C(=O)N(C)C2CCS(=O)(=O)C2)ccn1. The topological polar surface area (TPSA) is 79.4 Å². The molecular weight excluding hydrogens is 350 g/mol. The fourth-order valence-corrected chi connectivity index (χ4v) is 4.95. The van der Waals surface area contributed by atoms with Crippen LogP contribution in [0.2, 0.25) is 0 Å². The highest BCUT2D eigenvalue weighted by Crippen LogP contribution is 2.22. The molecule has 1 aliphatic rings. The lowest BCUT2D eigenvalue weighted by atomic mass is 10.1. The molecule has 0 spiro atoms. The minimum absolute atomic E-state index is 0.0370. The minimum atomic E-state index is -3.03. The highest BCUT2D eigenvalue weighted by Gasteiger charge is 2.33. The average Bonchev–Trinajstić information content (AvgIpc) is 3.01. The number of hydrogen-bond acceptors (Lipinski definition) is 5. The van der Waals surface area contributed by atoms with Gasteiger partial charge in [0.1, 0.15) is 5.82 Å². The second kappa shape index (κ2) is 7.45. The summed E-state index contributed by atoms with van der Waals surface area (Å²) in [6.07, 6.45) is 2.97. The molecule has 1 aliphatic heterocycles. The van der Waals surface area contributed by atoms with E-state index in [0.717, 1.165) is 12.1 Å². The van der Waals surface area contributed by atoms with E-state index in [9.17, 15) is 13.2 Å². The average molecular weight is 373 g/mol. The molecule has 2 aromatic rings. The maximum absolute atomic E-state index is 12.7. The van der Waals surface area contributed by atoms with Gasteiger partial charge in [-0.05, 0) is 36.6 Å². The molecule has 1 N–H and O–H groups in total. The highest BCUT2D eigenvalue weighted by atomic mass is 32.2. The van der Waals surface area contributed by atoms with Gasteiger partial charge in [-0.15, -0.1) is 0 Å². The van der Waals surface area contributed by atoms with E-state index in [1.54, 1.807) is 25.4 Å². The minimum Gasteiger partial charge on any atom is -0.340 e. The maximum Gasteiger partial charge on any atom is 0.254 e. The molecule has 138 valence electrons. The number of rotatable bonds is 5. The molecule has 0 radical (unpaired) electrons. The van der Waals surface area contributed by atoms with Gasteiger partial charge in [0.25, 0.3) is 5.91 Å². The van der Waals surface area contributed by atoms with Crippen LogP contribution in [0.3, 0.4) is 0 Å². The van der Waals surface area contributed by atoms with Gasteiger partial charge >= 0.3 is 0 Å². The van der Waals surface area contributed by atoms with Crippen molar-refractivity contribution >= 4 is 27.2 Å². The van der Waals surface area contributed by atoms with Gasteiger partial charge in [0, 0.05) is 30.5 Å². The van der Waals surface area contributed by atoms with Crippen LogP contribution in [0.1, 0.15) is 29.3 Å². The molecule has 6 nitrogen and oxygen atoms in total. The lowest BCUT2D eigenvalue weighted by Gasteiger charge is -2.23. The normalized spacial score (nSPS) is 18.5. The predicted molar refractivity (Wildman–Crippen MR) is 102 cm³/mol. The molecule has 7 heteroatoms. The summed E-state index contributed by atoms with van der Waals surface area (Å²) >= 11 is 0. The number of aryl methyl sites for hydroxylation is 1. The van der Waals surface area contributed by atoms with Crippen LogP contribution in [0, 0.1) is 0 Å². The zero-order chi connectivity index (χ0) is 18.7. The Bertz CT molecular complexity index is 912. The molecule has 3 rings (SSSR count). The molecule has 1 fully saturated rings. The van der Waals surface area contributed by atoms with Crippen molar-refractivity contribution in [3.05, 3.63) is 53.7 Å². The number of pyridine rings is 1. The Morgan fingerprint density at radius 3 is 2.77 bits per heavy atom. The van der Waals surface area contributed by atoms with Gasteiger partial charge in [-0.25, -0.2) is 13.4 Å². The Hall–Kier alpha value is -2.41. The first-order valence-corrected chi connectivity index (χ1v) is 10.5. The second-order valence-electron chi connectivity index (χ2n) is 6.54. The Labute approximate surface area is 154 Å². The van der Waals surface area contributed by atoms with Gasteiger partial charge in [-0.1, -0.05) is 25.1 Å². The first kappa shape index (κ1) is 18.4. The zero-order valence-electron chi connectivity index (χ0n) is 15.0. The third kappa shape index (κ3) is 4.04. The summed E-state index contributed by atoms with van der Waals surface area (Å²) < 4.78 is 23.3. The lowest BCUT2D eigenvalue weighted by molar-refractivity contribution is 0.0747. The summed E-state index contributed by atoms with van der Waals surface area (Å²) in [5, 5.41) is 3.26. The molecule has 1 aromatic heterocycles. The maximum atomic E-state index is 12.7. The van der Waals surface area contributed by atoms with E-state index < -0.39 is 9.84 Å². The number of carbonyl (C=O) groups is 1. The Morgan fingerprint density at radius 2 is 2.08 bits per heavy atom. The van der Waals surface area contributed by atoms with Crippen LogP contribution >= 0.6 is 0 Å². The first-order chi connectivity index (χ1) is 12.4. The smallest absolute Gasteiger partial charge is 0.254 e. The van der Waals surface area contributed by atoms with Gasteiger partial charge in [0.2, 0.25) is 0 Å². The molecular formula is C19H23N3O3S. The van der Waals surface area contributed by atoms with E-state index in [0.29, 0.717) is 17.8 Å². The summed E-state index contributed by atoms with van der Waals surface area (Å²) in [4.78, 5) is 18.6. The molecule has 0 bridgehead atoms. The summed E-state index contributed by atoms with van der Waals surface area (Å²) in [7, 11) is -1.37. The summed E-state index contributed by atoms with van der Waals surface area (Å²) in [5.41, 5.74) is 2.62. The number of anilines is 2. The number of hydrogen-bond donors (Lipinski definition) is 1. The Balaban J connectivity index is 1.77. The zero-order valence-corrected chi connectivity index (χ0v) is 15.8. The fraction of sp³-hybridized carbons (Fsp3) is 0.368. The molecule has 2 heterocycles. The largest absolute Gasteiger partial charge is 0.340 e. The van der Waals surface area contributed by atoms with Crippen LogP contribution < -0.4 is 5.32 Å². The fourth-order valence-electron chi connectivity index (χ4n) is 3.17. The molecule has 1 saturated heterocycles. The summed E-state index contributed by atoms with van der Waals surface area (Å²) in [5.74, 6) is 0.576. The Kier molecular flexibility index (Phi) is 5.27. The quantitative estimate of drug-likeness (QED) is 0.872. The van der Waals surface area contributed by atoms with E-state index in [4.69, 9.17) is 0 Å². The van der Waals surface area contributed by atoms with Gasteiger partial charge in [-0.3, -0.25) is 4.79 Å². The van der Waals surface area contributed by atoms with Crippen molar-refractivity contribution in [2.45, 2.75) is 25.8 Å². The molecule has 0 aliphatic carbocycles. The van der Waals surface area contributed by atoms with Gasteiger partial charge < -0.3 is 10.2 Å². The number of sulfone groups is 1. The van der Waals surface area contributed by atoms with Gasteiger partial charge in [0.15, 0.2) is 9.84 Å². The predicted octanol–water partition coefficient (Wildman–Crippen LogP) is 2.65. The number of amides is 1. The number of para-hydroxylation sites is 1. The van der Waals surface area contributed by atoms with Crippen LogP contribution in [0.25, 0.3) is 0 Å². The van der Waals surface area contributed by atoms with E-state index in [-0.39, 0.29) is 23.5 Å². The highest BCUT2D eigenvalue weighted by molar-refractivity contribution is 7.91. The molecule has 1 unspecified atom stereocenters. The Morgan fingerprint density at radius 1 is 1.31 bits per heavy atom. The molecule has 1 atom stereocenters. The van der Waals surface area contributed by atoms with E-state index >= 15 is 0 Å². The van der Waals surface area contributed by atoms with Crippen LogP contribution in [0.4, 0.5) is 11.5 Å². The number of benzene rings is 1. The van der Waals surface area contributed by atoms with Crippen molar-refractivity contribution < 1.29 is 13.2 Å². The van der Waals surface area contributed by atoms with Crippen molar-refractivity contribution in [1.29, 1.82) is 0 Å². The van der Waals surface area contributed by atoms with Gasteiger partial charge in [-0.2, -0.15) is 0 Å². The van der Waals surface area contributed by atoms with Crippen molar-refractivity contribution in [3.8, 4) is 0 Å². The first-order valence-electron chi connectivity index (χ1n) is 8.68. The second-order valence-corrected chi connectivity index (χ2v) is 8.77. The monoisotopic (exact) mass is 373 g/mol. The van der Waals surface area contributed by atoms with Crippen molar-refractivity contribution in [2.24, 2.45) is 0 Å². The number of aromatic nitrogens is 1. The molecule has 0 saturated carbocycles. The lowest BCUT2D eigenvalue weighted by Crippen LogP contribution is -2.37. The van der Waals surface area contributed by atoms with Crippen LogP contribution in [-0.2, 0) is 16.3 Å². The number of nitrogens with one attached hydrogen (secondary N) is 1. The van der Waals surface area contributed by atoms with Crippen LogP contribution in [0.5, 0.6) is 0 Å². The van der Waals surface area contributed by atoms with Crippen molar-refractivity contribution in [1.82, 2.24) is 9.88 Å². The number of nitrogens with zero attached hydrogens (tertiary/aromatic N) is 2. The third-order valence-electron chi connectivity index (χ3n) is 4.74. The van der Waals surface area contributed by atoms with E-state index in [1.165, 1.54) is 10.5 Å². The molecule has 26 heavy (non-hydrogen) atoms. The van der Waals surface area contributed by atoms with Crippen LogP contribution in [0.15, 0.2) is 42.6 Å². The van der Waals surface area contributed by atoms with Crippen molar-refractivity contribution in [3.63, 3.8) is 0 Å². The number of carbonyl (C=O) groups excluding carboxylic acids is 1. The molecule has 1 amide bonds. The third-order valence-corrected chi connectivity index (χ3v) is 6.49.